The van der Waals surface area contributed by atoms with Gasteiger partial charge in [-0.15, -0.1) is 0 Å². The molecule has 0 radical (unpaired) electrons. The molecule has 0 spiro atoms. The topological polar surface area (TPSA) is 26.0 Å². The average molecular weight is 153 g/mol. The maximum Gasteiger partial charge on any atom is 0.0223 e. The Labute approximate surface area is 69.7 Å². The van der Waals surface area contributed by atoms with Crippen LogP contribution in [0.15, 0.2) is 12.2 Å². The zero-order valence-electron chi connectivity index (χ0n) is 7.26. The van der Waals surface area contributed by atoms with Crippen LogP contribution in [0.5, 0.6) is 0 Å². The van der Waals surface area contributed by atoms with E-state index in [0.717, 1.165) is 0 Å². The minimum atomic E-state index is 0.327. The molecule has 0 fully saturated rings. The zero-order chi connectivity index (χ0) is 7.94. The molecule has 0 saturated carbocycles. The second-order valence-corrected chi connectivity index (χ2v) is 3.44. The monoisotopic (exact) mass is 153 g/mol. The third-order valence-electron chi connectivity index (χ3n) is 2.29. The van der Waals surface area contributed by atoms with Crippen LogP contribution in [-0.4, -0.2) is 6.04 Å². The highest BCUT2D eigenvalue weighted by molar-refractivity contribution is 4.91. The van der Waals surface area contributed by atoms with Gasteiger partial charge >= 0.3 is 0 Å². The van der Waals surface area contributed by atoms with Gasteiger partial charge in [-0.2, -0.15) is 0 Å². The largest absolute Gasteiger partial charge is 0.324 e. The summed E-state index contributed by atoms with van der Waals surface area (Å²) in [7, 11) is 0. The first-order valence-electron chi connectivity index (χ1n) is 4.82. The fraction of sp³-hybridized carbons (Fsp3) is 0.800. The van der Waals surface area contributed by atoms with Crippen LogP contribution >= 0.6 is 0 Å². The van der Waals surface area contributed by atoms with Crippen molar-refractivity contribution >= 4 is 0 Å². The molecule has 1 aliphatic rings. The molecule has 0 aromatic carbocycles. The highest BCUT2D eigenvalue weighted by Gasteiger charge is 1.98. The van der Waals surface area contributed by atoms with Crippen LogP contribution in [-0.2, 0) is 0 Å². The van der Waals surface area contributed by atoms with Crippen molar-refractivity contribution in [3.05, 3.63) is 12.2 Å². The van der Waals surface area contributed by atoms with E-state index in [1.165, 1.54) is 44.9 Å². The summed E-state index contributed by atoms with van der Waals surface area (Å²) < 4.78 is 0. The standard InChI is InChI=1S/C10H19N/c11-10-8-6-4-2-1-3-5-7-9-10/h6,8,10H,1-5,7,9,11H2/b8-6+. The van der Waals surface area contributed by atoms with Gasteiger partial charge in [-0.25, -0.2) is 0 Å². The van der Waals surface area contributed by atoms with Crippen molar-refractivity contribution < 1.29 is 0 Å². The Balaban J connectivity index is 2.26. The number of hydrogen-bond donors (Lipinski definition) is 1. The van der Waals surface area contributed by atoms with Crippen molar-refractivity contribution in [2.75, 3.05) is 0 Å². The molecule has 0 heterocycles. The molecule has 0 bridgehead atoms. The number of nitrogens with two attached hydrogens (primary N) is 1. The Kier molecular flexibility index (Phi) is 4.29. The molecular formula is C10H19N. The zero-order valence-corrected chi connectivity index (χ0v) is 7.26. The van der Waals surface area contributed by atoms with Crippen molar-refractivity contribution in [1.82, 2.24) is 0 Å². The molecule has 11 heavy (non-hydrogen) atoms. The molecule has 0 saturated heterocycles. The van der Waals surface area contributed by atoms with Crippen molar-refractivity contribution in [2.24, 2.45) is 5.73 Å². The van der Waals surface area contributed by atoms with E-state index >= 15 is 0 Å². The number of hydrogen-bond acceptors (Lipinski definition) is 1. The van der Waals surface area contributed by atoms with Crippen molar-refractivity contribution in [2.45, 2.75) is 51.0 Å². The van der Waals surface area contributed by atoms with Gasteiger partial charge in [-0.1, -0.05) is 37.8 Å². The molecule has 0 aromatic rings. The Hall–Kier alpha value is -0.300. The molecule has 1 heteroatoms. The second kappa shape index (κ2) is 5.36. The first kappa shape index (κ1) is 8.79. The first-order valence-corrected chi connectivity index (χ1v) is 4.82. The molecule has 0 amide bonds. The minimum Gasteiger partial charge on any atom is -0.324 e. The lowest BCUT2D eigenvalue weighted by Crippen LogP contribution is -2.16. The number of allylic oxidation sites excluding steroid dienone is 1. The van der Waals surface area contributed by atoms with Crippen LogP contribution in [0.4, 0.5) is 0 Å². The quantitative estimate of drug-likeness (QED) is 0.532. The molecular weight excluding hydrogens is 134 g/mol. The Morgan fingerprint density at radius 3 is 2.64 bits per heavy atom. The van der Waals surface area contributed by atoms with Gasteiger partial charge in [0.05, 0.1) is 0 Å². The third kappa shape index (κ3) is 4.20. The van der Waals surface area contributed by atoms with Crippen molar-refractivity contribution in [3.63, 3.8) is 0 Å². The summed E-state index contributed by atoms with van der Waals surface area (Å²) in [6.45, 7) is 0. The summed E-state index contributed by atoms with van der Waals surface area (Å²) >= 11 is 0. The normalized spacial score (nSPS) is 31.2. The minimum absolute atomic E-state index is 0.327. The van der Waals surface area contributed by atoms with Crippen LogP contribution < -0.4 is 5.73 Å². The number of rotatable bonds is 0. The van der Waals surface area contributed by atoms with Crippen LogP contribution in [0.3, 0.4) is 0 Å². The van der Waals surface area contributed by atoms with Gasteiger partial charge in [0.25, 0.3) is 0 Å². The van der Waals surface area contributed by atoms with E-state index in [9.17, 15) is 0 Å². The second-order valence-electron chi connectivity index (χ2n) is 3.44. The summed E-state index contributed by atoms with van der Waals surface area (Å²) in [6, 6.07) is 0.327. The van der Waals surface area contributed by atoms with Gasteiger partial charge < -0.3 is 5.73 Å². The highest BCUT2D eigenvalue weighted by atomic mass is 14.6. The SMILES string of the molecule is NC1/C=C/CCCCCCC1. The van der Waals surface area contributed by atoms with Gasteiger partial charge in [-0.3, -0.25) is 0 Å². The summed E-state index contributed by atoms with van der Waals surface area (Å²) in [6.07, 6.45) is 13.7. The van der Waals surface area contributed by atoms with Gasteiger partial charge in [0, 0.05) is 6.04 Å². The summed E-state index contributed by atoms with van der Waals surface area (Å²) in [5.74, 6) is 0. The van der Waals surface area contributed by atoms with Gasteiger partial charge in [0.1, 0.15) is 0 Å². The lowest BCUT2D eigenvalue weighted by molar-refractivity contribution is 0.566. The van der Waals surface area contributed by atoms with Crippen molar-refractivity contribution in [3.8, 4) is 0 Å². The van der Waals surface area contributed by atoms with Crippen LogP contribution in [0.1, 0.15) is 44.9 Å². The molecule has 0 aromatic heterocycles. The maximum atomic E-state index is 5.84. The van der Waals surface area contributed by atoms with E-state index in [2.05, 4.69) is 12.2 Å². The summed E-state index contributed by atoms with van der Waals surface area (Å²) in [5, 5.41) is 0. The first-order chi connectivity index (χ1) is 5.39. The van der Waals surface area contributed by atoms with E-state index < -0.39 is 0 Å². The summed E-state index contributed by atoms with van der Waals surface area (Å²) in [5.41, 5.74) is 5.84. The molecule has 1 aliphatic carbocycles. The lowest BCUT2D eigenvalue weighted by Gasteiger charge is -2.08. The van der Waals surface area contributed by atoms with E-state index in [0.29, 0.717) is 6.04 Å². The fourth-order valence-corrected chi connectivity index (χ4v) is 1.54. The molecule has 2 N–H and O–H groups in total. The third-order valence-corrected chi connectivity index (χ3v) is 2.29. The maximum absolute atomic E-state index is 5.84. The highest BCUT2D eigenvalue weighted by Crippen LogP contribution is 2.11. The molecule has 64 valence electrons. The molecule has 1 unspecified atom stereocenters. The van der Waals surface area contributed by atoms with E-state index in [1.54, 1.807) is 0 Å². The molecule has 1 atom stereocenters. The fourth-order valence-electron chi connectivity index (χ4n) is 1.54. The average Bonchev–Trinajstić information content (AvgIpc) is 2.03. The van der Waals surface area contributed by atoms with E-state index in [-0.39, 0.29) is 0 Å². The van der Waals surface area contributed by atoms with Gasteiger partial charge in [-0.05, 0) is 19.3 Å². The predicted octanol–water partition coefficient (Wildman–Crippen LogP) is 2.61. The predicted molar refractivity (Wildman–Crippen MR) is 49.4 cm³/mol. The lowest BCUT2D eigenvalue weighted by atomic mass is 10.0. The molecule has 1 rings (SSSR count). The Morgan fingerprint density at radius 2 is 1.73 bits per heavy atom. The van der Waals surface area contributed by atoms with Crippen molar-refractivity contribution in [1.29, 1.82) is 0 Å². The van der Waals surface area contributed by atoms with Crippen LogP contribution in [0.2, 0.25) is 0 Å². The van der Waals surface area contributed by atoms with Crippen LogP contribution in [0.25, 0.3) is 0 Å². The summed E-state index contributed by atoms with van der Waals surface area (Å²) in [4.78, 5) is 0. The molecule has 1 nitrogen and oxygen atoms in total. The molecule has 0 aliphatic heterocycles. The van der Waals surface area contributed by atoms with Gasteiger partial charge in [0.15, 0.2) is 0 Å². The smallest absolute Gasteiger partial charge is 0.0223 e. The van der Waals surface area contributed by atoms with E-state index in [4.69, 9.17) is 5.73 Å². The van der Waals surface area contributed by atoms with Crippen LogP contribution in [0, 0.1) is 0 Å². The van der Waals surface area contributed by atoms with E-state index in [1.807, 2.05) is 0 Å². The van der Waals surface area contributed by atoms with Gasteiger partial charge in [0.2, 0.25) is 0 Å². The Morgan fingerprint density at radius 1 is 1.00 bits per heavy atom. The Bertz CT molecular complexity index is 118.